The van der Waals surface area contributed by atoms with Gasteiger partial charge in [-0.25, -0.2) is 4.68 Å². The van der Waals surface area contributed by atoms with Crippen LogP contribution in [0.1, 0.15) is 84.9 Å². The number of ketones is 1. The van der Waals surface area contributed by atoms with E-state index < -0.39 is 5.60 Å². The van der Waals surface area contributed by atoms with Crippen LogP contribution in [0, 0.1) is 53.3 Å². The summed E-state index contributed by atoms with van der Waals surface area (Å²) >= 11 is 0. The molecule has 0 saturated heterocycles. The lowest BCUT2D eigenvalue weighted by Crippen LogP contribution is -2.55. The maximum atomic E-state index is 13.5. The number of tetrazole rings is 1. The van der Waals surface area contributed by atoms with Crippen LogP contribution in [0.2, 0.25) is 0 Å². The van der Waals surface area contributed by atoms with Gasteiger partial charge in [-0.2, -0.15) is 0 Å². The third-order valence-corrected chi connectivity index (χ3v) is 10.7. The number of fused-ring (bicyclic) bond motifs is 5. The van der Waals surface area contributed by atoms with Crippen LogP contribution < -0.4 is 0 Å². The Morgan fingerprint density at radius 1 is 1.10 bits per heavy atom. The van der Waals surface area contributed by atoms with E-state index >= 15 is 0 Å². The zero-order valence-electron chi connectivity index (χ0n) is 20.0. The summed E-state index contributed by atoms with van der Waals surface area (Å²) in [5.74, 6) is 4.35. The molecule has 0 radical (unpaired) electrons. The van der Waals surface area contributed by atoms with Crippen LogP contribution in [-0.4, -0.2) is 36.7 Å². The number of carbonyl (C=O) groups excluding carboxylic acids is 1. The van der Waals surface area contributed by atoms with Gasteiger partial charge in [0.2, 0.25) is 0 Å². The summed E-state index contributed by atoms with van der Waals surface area (Å²) in [5.41, 5.74) is -0.0157. The number of hydrogen-bond acceptors (Lipinski definition) is 5. The topological polar surface area (TPSA) is 80.9 Å². The summed E-state index contributed by atoms with van der Waals surface area (Å²) in [4.78, 5) is 13.5. The van der Waals surface area contributed by atoms with Crippen molar-refractivity contribution in [3.05, 3.63) is 5.82 Å². The van der Waals surface area contributed by atoms with E-state index in [1.54, 1.807) is 4.68 Å². The average Bonchev–Trinajstić information content (AvgIpc) is 3.21. The lowest BCUT2D eigenvalue weighted by Gasteiger charge is -2.61. The molecule has 1 heterocycles. The second-order valence-corrected chi connectivity index (χ2v) is 12.4. The highest BCUT2D eigenvalue weighted by Gasteiger charge is 2.63. The molecule has 4 fully saturated rings. The Kier molecular flexibility index (Phi) is 4.93. The molecule has 0 aromatic carbocycles. The highest BCUT2D eigenvalue weighted by atomic mass is 16.3. The summed E-state index contributed by atoms with van der Waals surface area (Å²) < 4.78 is 1.66. The Labute approximate surface area is 186 Å². The van der Waals surface area contributed by atoms with E-state index in [9.17, 15) is 9.90 Å². The smallest absolute Gasteiger partial charge is 0.158 e. The first-order valence-corrected chi connectivity index (χ1v) is 12.5. The predicted octanol–water partition coefficient (Wildman–Crippen LogP) is 4.21. The molecule has 1 aromatic heterocycles. The zero-order valence-corrected chi connectivity index (χ0v) is 20.0. The third kappa shape index (κ3) is 3.22. The van der Waals surface area contributed by atoms with Gasteiger partial charge in [0.05, 0.1) is 5.60 Å². The first kappa shape index (κ1) is 21.5. The van der Waals surface area contributed by atoms with Crippen LogP contribution in [0.25, 0.3) is 0 Å². The molecule has 31 heavy (non-hydrogen) atoms. The van der Waals surface area contributed by atoms with E-state index in [-0.39, 0.29) is 11.3 Å². The van der Waals surface area contributed by atoms with E-state index in [4.69, 9.17) is 0 Å². The number of nitrogens with zero attached hydrogens (tertiary/aromatic N) is 4. The molecular weight excluding hydrogens is 388 g/mol. The number of hydrogen-bond donors (Lipinski definition) is 1. The fourth-order valence-corrected chi connectivity index (χ4v) is 9.12. The van der Waals surface area contributed by atoms with Crippen molar-refractivity contribution in [3.63, 3.8) is 0 Å². The molecule has 4 aliphatic carbocycles. The van der Waals surface area contributed by atoms with Gasteiger partial charge in [-0.1, -0.05) is 20.8 Å². The number of aromatic nitrogens is 4. The first-order chi connectivity index (χ1) is 14.6. The Morgan fingerprint density at radius 2 is 1.87 bits per heavy atom. The van der Waals surface area contributed by atoms with Crippen molar-refractivity contribution < 1.29 is 9.90 Å². The minimum atomic E-state index is -0.478. The van der Waals surface area contributed by atoms with Crippen molar-refractivity contribution in [2.45, 2.75) is 98.1 Å². The molecule has 0 spiro atoms. The fraction of sp³-hybridized carbons (Fsp3) is 0.920. The zero-order chi connectivity index (χ0) is 22.2. The number of aryl methyl sites for hydroxylation is 1. The van der Waals surface area contributed by atoms with E-state index in [1.165, 1.54) is 25.7 Å². The Balaban J connectivity index is 1.39. The second kappa shape index (κ2) is 7.10. The van der Waals surface area contributed by atoms with Gasteiger partial charge in [-0.15, -0.1) is 5.10 Å². The summed E-state index contributed by atoms with van der Waals surface area (Å²) in [6.07, 6.45) is 9.18. The minimum Gasteiger partial charge on any atom is -0.390 e. The number of carbonyl (C=O) groups is 1. The van der Waals surface area contributed by atoms with E-state index in [0.29, 0.717) is 41.3 Å². The number of Topliss-reactive ketones (excluding diaryl/α,β-unsaturated/α-hetero) is 1. The molecule has 4 saturated carbocycles. The van der Waals surface area contributed by atoms with Crippen molar-refractivity contribution in [2.75, 3.05) is 0 Å². The molecule has 1 aromatic rings. The first-order valence-electron chi connectivity index (χ1n) is 12.5. The molecule has 5 rings (SSSR count). The van der Waals surface area contributed by atoms with Crippen molar-refractivity contribution in [3.8, 4) is 0 Å². The monoisotopic (exact) mass is 428 g/mol. The van der Waals surface area contributed by atoms with Gasteiger partial charge in [0, 0.05) is 5.92 Å². The highest BCUT2D eigenvalue weighted by Crippen LogP contribution is 2.68. The molecule has 6 heteroatoms. The van der Waals surface area contributed by atoms with Crippen molar-refractivity contribution in [1.82, 2.24) is 20.2 Å². The van der Waals surface area contributed by atoms with Crippen LogP contribution in [0.4, 0.5) is 0 Å². The summed E-state index contributed by atoms with van der Waals surface area (Å²) in [7, 11) is 0. The summed E-state index contributed by atoms with van der Waals surface area (Å²) in [5, 5.41) is 22.4. The lowest BCUT2D eigenvalue weighted by atomic mass is 9.44. The lowest BCUT2D eigenvalue weighted by molar-refractivity contribution is -0.151. The highest BCUT2D eigenvalue weighted by molar-refractivity contribution is 5.82. The fourth-order valence-electron chi connectivity index (χ4n) is 9.12. The average molecular weight is 429 g/mol. The normalized spacial score (nSPS) is 49.2. The Bertz CT molecular complexity index is 865. The maximum absolute atomic E-state index is 13.5. The molecule has 0 aliphatic heterocycles. The molecule has 4 aliphatic rings. The maximum Gasteiger partial charge on any atom is 0.158 e. The number of rotatable bonds is 3. The Morgan fingerprint density at radius 3 is 2.58 bits per heavy atom. The molecule has 1 N–H and O–H groups in total. The molecule has 6 nitrogen and oxygen atoms in total. The van der Waals surface area contributed by atoms with Crippen LogP contribution in [0.5, 0.6) is 0 Å². The van der Waals surface area contributed by atoms with Crippen molar-refractivity contribution in [1.29, 1.82) is 0 Å². The molecule has 0 amide bonds. The van der Waals surface area contributed by atoms with Crippen LogP contribution in [-0.2, 0) is 11.3 Å². The molecule has 9 atom stereocenters. The van der Waals surface area contributed by atoms with Crippen molar-refractivity contribution in [2.24, 2.45) is 46.3 Å². The molecule has 1 unspecified atom stereocenters. The van der Waals surface area contributed by atoms with Crippen LogP contribution >= 0.6 is 0 Å². The largest absolute Gasteiger partial charge is 0.390 e. The second-order valence-electron chi connectivity index (χ2n) is 12.4. The van der Waals surface area contributed by atoms with Gasteiger partial charge in [0.1, 0.15) is 12.4 Å². The third-order valence-electron chi connectivity index (χ3n) is 10.7. The SMILES string of the molecule is Cc1nnnn1CC(=O)C1[C@H](C)C[C@H]2[C@@H]3CC[C@H]4C[C@](C)(O)CC[C@]4(C)[C@H]3CC[C@]12C. The summed E-state index contributed by atoms with van der Waals surface area (Å²) in [6, 6.07) is 0. The molecule has 0 bridgehead atoms. The van der Waals surface area contributed by atoms with Crippen LogP contribution in [0.3, 0.4) is 0 Å². The van der Waals surface area contributed by atoms with E-state index in [2.05, 4.69) is 36.3 Å². The Hall–Kier alpha value is -1.30. The molecular formula is C25H40N4O2. The minimum absolute atomic E-state index is 0.100. The molecule has 172 valence electrons. The summed E-state index contributed by atoms with van der Waals surface area (Å²) in [6.45, 7) is 11.5. The van der Waals surface area contributed by atoms with Gasteiger partial charge in [0.15, 0.2) is 5.78 Å². The van der Waals surface area contributed by atoms with E-state index in [0.717, 1.165) is 37.5 Å². The quantitative estimate of drug-likeness (QED) is 0.780. The van der Waals surface area contributed by atoms with Crippen molar-refractivity contribution >= 4 is 5.78 Å². The van der Waals surface area contributed by atoms with Gasteiger partial charge in [-0.3, -0.25) is 4.79 Å². The van der Waals surface area contributed by atoms with Gasteiger partial charge >= 0.3 is 0 Å². The van der Waals surface area contributed by atoms with Gasteiger partial charge in [0.25, 0.3) is 0 Å². The van der Waals surface area contributed by atoms with Gasteiger partial charge < -0.3 is 5.11 Å². The number of aliphatic hydroxyl groups is 1. The van der Waals surface area contributed by atoms with Crippen LogP contribution in [0.15, 0.2) is 0 Å². The van der Waals surface area contributed by atoms with E-state index in [1.807, 2.05) is 13.8 Å². The predicted molar refractivity (Wildman–Crippen MR) is 118 cm³/mol. The van der Waals surface area contributed by atoms with Gasteiger partial charge in [-0.05, 0) is 116 Å². The standard InChI is InChI=1S/C25H40N4O2/c1-15-12-20-18-7-6-17-13-23(3,31)10-11-24(17,4)19(18)8-9-25(20,5)22(15)21(30)14-29-16(2)26-27-28-29/h15,17-20,22,31H,6-14H2,1-5H3/t15-,17+,18-,19+,20+,22?,23-,24+,25+/m1/s1.